The smallest absolute Gasteiger partial charge is 0.428 e. The van der Waals surface area contributed by atoms with E-state index in [2.05, 4.69) is 20.4 Å². The summed E-state index contributed by atoms with van der Waals surface area (Å²) in [6.07, 6.45) is -7.48. The van der Waals surface area contributed by atoms with Crippen molar-refractivity contribution in [1.82, 2.24) is 15.6 Å². The van der Waals surface area contributed by atoms with Crippen LogP contribution in [0.25, 0.3) is 0 Å². The number of ether oxygens (including phenoxy) is 1. The van der Waals surface area contributed by atoms with Crippen LogP contribution in [0, 0.1) is 5.82 Å². The third-order valence-corrected chi connectivity index (χ3v) is 5.95. The van der Waals surface area contributed by atoms with Crippen LogP contribution in [0.15, 0.2) is 66.9 Å². The van der Waals surface area contributed by atoms with Crippen LogP contribution in [-0.4, -0.2) is 41.3 Å². The summed E-state index contributed by atoms with van der Waals surface area (Å²) in [5.41, 5.74) is -1.09. The van der Waals surface area contributed by atoms with Crippen molar-refractivity contribution in [3.63, 3.8) is 0 Å². The maximum atomic E-state index is 14.8. The first-order valence-electron chi connectivity index (χ1n) is 11.5. The van der Waals surface area contributed by atoms with Crippen molar-refractivity contribution in [3.05, 3.63) is 94.5 Å². The van der Waals surface area contributed by atoms with Crippen LogP contribution in [0.1, 0.15) is 30.2 Å². The quantitative estimate of drug-likeness (QED) is 0.265. The van der Waals surface area contributed by atoms with Crippen LogP contribution in [0.2, 0.25) is 5.02 Å². The lowest BCUT2D eigenvalue weighted by Crippen LogP contribution is -2.54. The maximum Gasteiger partial charge on any atom is 0.461 e. The summed E-state index contributed by atoms with van der Waals surface area (Å²) in [4.78, 5) is 17.5. The van der Waals surface area contributed by atoms with Gasteiger partial charge in [0.05, 0.1) is 23.4 Å². The Labute approximate surface area is 220 Å². The zero-order valence-electron chi connectivity index (χ0n) is 20.1. The van der Waals surface area contributed by atoms with Crippen LogP contribution < -0.4 is 15.4 Å². The molecule has 0 saturated carbocycles. The van der Waals surface area contributed by atoms with Crippen LogP contribution >= 0.6 is 11.6 Å². The number of hydrogen-bond acceptors (Lipinski definition) is 4. The molecule has 3 aromatic rings. The molecule has 0 spiro atoms. The van der Waals surface area contributed by atoms with Gasteiger partial charge in [-0.25, -0.2) is 9.18 Å². The fraction of sp³-hybridized carbons (Fsp3) is 0.308. The van der Waals surface area contributed by atoms with E-state index >= 15 is 0 Å². The number of carbonyl (C=O) groups excluding carboxylic acids is 1. The summed E-state index contributed by atoms with van der Waals surface area (Å²) in [5.74, 6) is -1.97. The van der Waals surface area contributed by atoms with Crippen molar-refractivity contribution in [2.45, 2.75) is 43.9 Å². The van der Waals surface area contributed by atoms with Gasteiger partial charge >= 0.3 is 18.6 Å². The van der Waals surface area contributed by atoms with E-state index in [0.717, 1.165) is 12.1 Å². The number of benzene rings is 2. The number of amides is 2. The Kier molecular flexibility index (Phi) is 9.50. The van der Waals surface area contributed by atoms with Crippen LogP contribution in [-0.2, 0) is 12.0 Å². The first-order chi connectivity index (χ1) is 18.0. The lowest BCUT2D eigenvalue weighted by atomic mass is 9.80. The molecule has 3 N–H and O–H groups in total. The Morgan fingerprint density at radius 2 is 1.84 bits per heavy atom. The van der Waals surface area contributed by atoms with Crippen LogP contribution in [0.3, 0.4) is 0 Å². The molecule has 0 bridgehead atoms. The molecule has 0 saturated heterocycles. The molecule has 204 valence electrons. The van der Waals surface area contributed by atoms with Gasteiger partial charge in [-0.05, 0) is 41.8 Å². The summed E-state index contributed by atoms with van der Waals surface area (Å²) in [5, 5.41) is 15.1. The van der Waals surface area contributed by atoms with E-state index < -0.39 is 41.7 Å². The second kappa shape index (κ2) is 12.4. The third-order valence-electron chi connectivity index (χ3n) is 5.72. The highest BCUT2D eigenvalue weighted by molar-refractivity contribution is 6.30. The van der Waals surface area contributed by atoms with Crippen molar-refractivity contribution in [1.29, 1.82) is 0 Å². The number of carbonyl (C=O) groups is 1. The molecule has 2 unspecified atom stereocenters. The lowest BCUT2D eigenvalue weighted by molar-refractivity contribution is -0.253. The number of aromatic nitrogens is 1. The second-order valence-corrected chi connectivity index (χ2v) is 8.89. The molecule has 0 radical (unpaired) electrons. The Hall–Kier alpha value is -3.44. The molecule has 2 atom stereocenters. The second-order valence-electron chi connectivity index (χ2n) is 8.46. The van der Waals surface area contributed by atoms with Crippen molar-refractivity contribution >= 4 is 17.6 Å². The van der Waals surface area contributed by atoms with Crippen molar-refractivity contribution < 1.29 is 36.6 Å². The van der Waals surface area contributed by atoms with E-state index in [0.29, 0.717) is 18.1 Å². The summed E-state index contributed by atoms with van der Waals surface area (Å²) in [7, 11) is 0. The van der Waals surface area contributed by atoms with E-state index in [9.17, 15) is 31.9 Å². The van der Waals surface area contributed by atoms with Crippen molar-refractivity contribution in [3.8, 4) is 5.75 Å². The number of aliphatic hydroxyl groups is 1. The summed E-state index contributed by atoms with van der Waals surface area (Å²) < 4.78 is 72.0. The number of pyridine rings is 1. The van der Waals surface area contributed by atoms with Gasteiger partial charge in [-0.15, -0.1) is 0 Å². The number of hydrogen-bond donors (Lipinski definition) is 3. The normalized spacial score (nSPS) is 14.0. The molecule has 0 aliphatic carbocycles. The highest BCUT2D eigenvalue weighted by Gasteiger charge is 2.45. The predicted molar refractivity (Wildman–Crippen MR) is 131 cm³/mol. The van der Waals surface area contributed by atoms with Gasteiger partial charge in [-0.2, -0.15) is 17.6 Å². The minimum atomic E-state index is -4.90. The molecule has 0 aliphatic rings. The number of nitrogens with one attached hydrogen (secondary N) is 2. The fourth-order valence-electron chi connectivity index (χ4n) is 3.81. The molecule has 1 heterocycles. The number of aliphatic hydroxyl groups excluding tert-OH is 1. The molecule has 2 amide bonds. The number of nitrogens with zero attached hydrogens (tertiary/aromatic N) is 1. The lowest BCUT2D eigenvalue weighted by Gasteiger charge is -2.36. The van der Waals surface area contributed by atoms with E-state index in [4.69, 9.17) is 11.6 Å². The molecular formula is C26H25ClF5N3O3. The average Bonchev–Trinajstić information content (AvgIpc) is 2.87. The number of alkyl halides is 4. The van der Waals surface area contributed by atoms with Gasteiger partial charge in [0, 0.05) is 18.7 Å². The minimum Gasteiger partial charge on any atom is -0.428 e. The van der Waals surface area contributed by atoms with Crippen LogP contribution in [0.4, 0.5) is 26.7 Å². The van der Waals surface area contributed by atoms with Crippen molar-refractivity contribution in [2.24, 2.45) is 0 Å². The zero-order valence-corrected chi connectivity index (χ0v) is 20.9. The number of rotatable bonds is 11. The molecule has 1 aromatic heterocycles. The molecular weight excluding hydrogens is 533 g/mol. The zero-order chi connectivity index (χ0) is 27.9. The highest BCUT2D eigenvalue weighted by atomic mass is 35.5. The fourth-order valence-corrected chi connectivity index (χ4v) is 3.92. The molecule has 0 aliphatic heterocycles. The van der Waals surface area contributed by atoms with E-state index in [1.54, 1.807) is 37.3 Å². The molecule has 0 fully saturated rings. The van der Waals surface area contributed by atoms with Gasteiger partial charge in [-0.3, -0.25) is 4.98 Å². The monoisotopic (exact) mass is 557 g/mol. The SMILES string of the molecule is CCC(CO)NC(=O)NC(Cc1ccccc1)(c1cc(F)cc(OC(F)(F)C(F)F)c1)c1ccc(Cl)cn1. The van der Waals surface area contributed by atoms with Gasteiger partial charge in [0.1, 0.15) is 17.1 Å². The standard InChI is InChI=1S/C26H25ClF5N3O3/c1-2-20(15-36)34-24(37)35-25(13-16-6-4-3-5-7-16,22-9-8-18(27)14-33-22)17-10-19(28)12-21(11-17)38-26(31,32)23(29)30/h3-12,14,20,23,36H,2,13,15H2,1H3,(H2,34,35,37). The molecule has 12 heteroatoms. The third kappa shape index (κ3) is 7.11. The average molecular weight is 558 g/mol. The van der Waals surface area contributed by atoms with Gasteiger partial charge in [-0.1, -0.05) is 48.9 Å². The summed E-state index contributed by atoms with van der Waals surface area (Å²) in [6.45, 7) is 1.37. The summed E-state index contributed by atoms with van der Waals surface area (Å²) >= 11 is 6.01. The first-order valence-corrected chi connectivity index (χ1v) is 11.9. The Balaban J connectivity index is 2.23. The maximum absolute atomic E-state index is 14.8. The molecule has 2 aromatic carbocycles. The molecule has 6 nitrogen and oxygen atoms in total. The Bertz CT molecular complexity index is 1210. The van der Waals surface area contributed by atoms with E-state index in [-0.39, 0.29) is 29.3 Å². The van der Waals surface area contributed by atoms with Gasteiger partial charge in [0.2, 0.25) is 0 Å². The van der Waals surface area contributed by atoms with Gasteiger partial charge in [0.15, 0.2) is 0 Å². The Morgan fingerprint density at radius 3 is 2.42 bits per heavy atom. The van der Waals surface area contributed by atoms with Gasteiger partial charge < -0.3 is 20.5 Å². The molecule has 38 heavy (non-hydrogen) atoms. The number of halogens is 6. The first kappa shape index (κ1) is 29.1. The topological polar surface area (TPSA) is 83.5 Å². The van der Waals surface area contributed by atoms with E-state index in [1.807, 2.05) is 0 Å². The van der Waals surface area contributed by atoms with E-state index in [1.165, 1.54) is 18.3 Å². The number of urea groups is 1. The van der Waals surface area contributed by atoms with Crippen molar-refractivity contribution in [2.75, 3.05) is 6.61 Å². The van der Waals surface area contributed by atoms with Crippen LogP contribution in [0.5, 0.6) is 5.75 Å². The largest absolute Gasteiger partial charge is 0.461 e. The molecule has 3 rings (SSSR count). The summed E-state index contributed by atoms with van der Waals surface area (Å²) in [6, 6.07) is 12.5. The Morgan fingerprint density at radius 1 is 1.13 bits per heavy atom. The van der Waals surface area contributed by atoms with Gasteiger partial charge in [0.25, 0.3) is 0 Å². The minimum absolute atomic E-state index is 0.0695. The predicted octanol–water partition coefficient (Wildman–Crippen LogP) is 5.67. The highest BCUT2D eigenvalue weighted by Crippen LogP contribution is 2.37.